The summed E-state index contributed by atoms with van der Waals surface area (Å²) in [6, 6.07) is 76.4. The van der Waals surface area contributed by atoms with E-state index in [0.29, 0.717) is 17.5 Å². The highest BCUT2D eigenvalue weighted by Gasteiger charge is 2.18. The van der Waals surface area contributed by atoms with Crippen LogP contribution in [-0.4, -0.2) is 19.5 Å². The number of furan rings is 1. The Kier molecular flexibility index (Phi) is 8.42. The van der Waals surface area contributed by atoms with E-state index >= 15 is 0 Å². The minimum absolute atomic E-state index is 0.581. The Morgan fingerprint density at radius 3 is 1.23 bits per heavy atom. The van der Waals surface area contributed by atoms with E-state index in [2.05, 4.69) is 187 Å². The molecular weight excluding hydrogens is 757 g/mol. The molecule has 12 aromatic rings. The Morgan fingerprint density at radius 2 is 0.677 bits per heavy atom. The Labute approximate surface area is 357 Å². The van der Waals surface area contributed by atoms with Crippen molar-refractivity contribution in [3.05, 3.63) is 218 Å². The summed E-state index contributed by atoms with van der Waals surface area (Å²) in [5, 5.41) is 4.48. The van der Waals surface area contributed by atoms with Crippen LogP contribution in [0.2, 0.25) is 0 Å². The van der Waals surface area contributed by atoms with E-state index in [1.54, 1.807) is 0 Å². The zero-order valence-corrected chi connectivity index (χ0v) is 33.5. The first-order valence-corrected chi connectivity index (χ1v) is 20.8. The van der Waals surface area contributed by atoms with Crippen molar-refractivity contribution in [2.24, 2.45) is 0 Å². The molecule has 5 heteroatoms. The highest BCUT2D eigenvalue weighted by molar-refractivity contribution is 6.12. The van der Waals surface area contributed by atoms with Crippen LogP contribution in [0.25, 0.3) is 117 Å². The molecule has 0 unspecified atom stereocenters. The molecule has 0 saturated carbocycles. The van der Waals surface area contributed by atoms with Gasteiger partial charge in [-0.25, -0.2) is 15.0 Å². The summed E-state index contributed by atoms with van der Waals surface area (Å²) >= 11 is 0. The molecule has 0 fully saturated rings. The zero-order valence-electron chi connectivity index (χ0n) is 33.5. The van der Waals surface area contributed by atoms with Gasteiger partial charge in [0, 0.05) is 50.0 Å². The topological polar surface area (TPSA) is 56.7 Å². The monoisotopic (exact) mass is 792 g/mol. The SMILES string of the molecule is c1ccc(-c2cccc(-c3nc(-c4ccccc4)nc(-c4ccc5c(c4)oc4cc(-n6c7ccc(-c8ccccc8)cc7c7cc(-c8ccccc8)ccc76)ccc45)n3)c2)cc1. The predicted molar refractivity (Wildman–Crippen MR) is 254 cm³/mol. The molecule has 9 aromatic carbocycles. The van der Waals surface area contributed by atoms with Gasteiger partial charge in [-0.1, -0.05) is 158 Å². The van der Waals surface area contributed by atoms with E-state index < -0.39 is 0 Å². The molecule has 62 heavy (non-hydrogen) atoms. The van der Waals surface area contributed by atoms with Crippen molar-refractivity contribution >= 4 is 43.7 Å². The highest BCUT2D eigenvalue weighted by atomic mass is 16.3. The van der Waals surface area contributed by atoms with Crippen LogP contribution in [-0.2, 0) is 0 Å². The van der Waals surface area contributed by atoms with Gasteiger partial charge in [0.1, 0.15) is 11.2 Å². The molecule has 290 valence electrons. The van der Waals surface area contributed by atoms with E-state index in [4.69, 9.17) is 19.4 Å². The first-order valence-electron chi connectivity index (χ1n) is 20.8. The lowest BCUT2D eigenvalue weighted by atomic mass is 10.0. The molecule has 0 amide bonds. The number of aromatic nitrogens is 4. The fraction of sp³-hybridized carbons (Fsp3) is 0. The van der Waals surface area contributed by atoms with Gasteiger partial charge in [0.2, 0.25) is 0 Å². The zero-order chi connectivity index (χ0) is 41.0. The third kappa shape index (κ3) is 6.23. The maximum Gasteiger partial charge on any atom is 0.164 e. The molecule has 0 bridgehead atoms. The summed E-state index contributed by atoms with van der Waals surface area (Å²) in [5.74, 6) is 1.80. The van der Waals surface area contributed by atoms with Crippen LogP contribution in [0.4, 0.5) is 0 Å². The maximum absolute atomic E-state index is 6.74. The van der Waals surface area contributed by atoms with Gasteiger partial charge in [-0.05, 0) is 88.0 Å². The van der Waals surface area contributed by atoms with Gasteiger partial charge < -0.3 is 8.98 Å². The molecule has 3 heterocycles. The second-order valence-corrected chi connectivity index (χ2v) is 15.6. The van der Waals surface area contributed by atoms with Crippen molar-refractivity contribution in [2.75, 3.05) is 0 Å². The fourth-order valence-electron chi connectivity index (χ4n) is 8.78. The summed E-state index contributed by atoms with van der Waals surface area (Å²) in [6.45, 7) is 0. The second-order valence-electron chi connectivity index (χ2n) is 15.6. The first kappa shape index (κ1) is 35.5. The molecule has 0 spiro atoms. The first-order chi connectivity index (χ1) is 30.7. The molecule has 0 aliphatic rings. The summed E-state index contributed by atoms with van der Waals surface area (Å²) in [7, 11) is 0. The van der Waals surface area contributed by atoms with Crippen LogP contribution < -0.4 is 0 Å². The molecular formula is C57H36N4O. The summed E-state index contributed by atoms with van der Waals surface area (Å²) in [6.07, 6.45) is 0. The van der Waals surface area contributed by atoms with Gasteiger partial charge >= 0.3 is 0 Å². The number of benzene rings is 9. The van der Waals surface area contributed by atoms with Gasteiger partial charge in [0.25, 0.3) is 0 Å². The Hall–Kier alpha value is -8.41. The molecule has 0 saturated heterocycles. The predicted octanol–water partition coefficient (Wildman–Crippen LogP) is 14.9. The Bertz CT molecular complexity index is 3520. The third-order valence-corrected chi connectivity index (χ3v) is 11.8. The summed E-state index contributed by atoms with van der Waals surface area (Å²) in [4.78, 5) is 15.1. The fourth-order valence-corrected chi connectivity index (χ4v) is 8.78. The molecule has 0 aliphatic carbocycles. The molecule has 0 radical (unpaired) electrons. The average molecular weight is 793 g/mol. The minimum Gasteiger partial charge on any atom is -0.456 e. The molecule has 0 N–H and O–H groups in total. The van der Waals surface area contributed by atoms with Crippen molar-refractivity contribution in [3.8, 4) is 73.2 Å². The van der Waals surface area contributed by atoms with Crippen LogP contribution in [0.15, 0.2) is 223 Å². The molecule has 5 nitrogen and oxygen atoms in total. The van der Waals surface area contributed by atoms with Crippen LogP contribution in [0.5, 0.6) is 0 Å². The van der Waals surface area contributed by atoms with Crippen LogP contribution in [0.3, 0.4) is 0 Å². The standard InChI is InChI=1S/C57H36N4O/c1-5-14-37(15-6-1)41-22-13-23-44(32-41)56-58-55(40-20-11-4-12-21-40)59-57(60-56)45-24-28-47-48-29-27-46(36-54(48)62-53(47)35-45)61-51-30-25-42(38-16-7-2-8-17-38)33-49(51)50-34-43(26-31-52(50)61)39-18-9-3-10-19-39/h1-36H. The number of hydrogen-bond acceptors (Lipinski definition) is 4. The highest BCUT2D eigenvalue weighted by Crippen LogP contribution is 2.39. The molecule has 12 rings (SSSR count). The second kappa shape index (κ2) is 14.7. The lowest BCUT2D eigenvalue weighted by molar-refractivity contribution is 0.668. The van der Waals surface area contributed by atoms with Gasteiger partial charge in [0.05, 0.1) is 11.0 Å². The van der Waals surface area contributed by atoms with Crippen molar-refractivity contribution in [2.45, 2.75) is 0 Å². The summed E-state index contributed by atoms with van der Waals surface area (Å²) in [5.41, 5.74) is 14.6. The van der Waals surface area contributed by atoms with Gasteiger partial charge in [-0.15, -0.1) is 0 Å². The van der Waals surface area contributed by atoms with Crippen LogP contribution in [0, 0.1) is 0 Å². The largest absolute Gasteiger partial charge is 0.456 e. The lowest BCUT2D eigenvalue weighted by Gasteiger charge is -2.09. The number of rotatable bonds is 7. The van der Waals surface area contributed by atoms with Gasteiger partial charge in [-0.2, -0.15) is 0 Å². The van der Waals surface area contributed by atoms with Gasteiger partial charge in [0.15, 0.2) is 17.5 Å². The van der Waals surface area contributed by atoms with Crippen LogP contribution >= 0.6 is 0 Å². The van der Waals surface area contributed by atoms with E-state index in [1.807, 2.05) is 36.4 Å². The quantitative estimate of drug-likeness (QED) is 0.161. The van der Waals surface area contributed by atoms with E-state index in [-0.39, 0.29) is 0 Å². The summed E-state index contributed by atoms with van der Waals surface area (Å²) < 4.78 is 9.10. The number of hydrogen-bond donors (Lipinski definition) is 0. The Balaban J connectivity index is 0.980. The van der Waals surface area contributed by atoms with E-state index in [1.165, 1.54) is 33.0 Å². The minimum atomic E-state index is 0.581. The third-order valence-electron chi connectivity index (χ3n) is 11.8. The van der Waals surface area contributed by atoms with Crippen molar-refractivity contribution < 1.29 is 4.42 Å². The number of nitrogens with zero attached hydrogens (tertiary/aromatic N) is 4. The average Bonchev–Trinajstić information content (AvgIpc) is 3.89. The molecule has 3 aromatic heterocycles. The lowest BCUT2D eigenvalue weighted by Crippen LogP contribution is -2.00. The smallest absolute Gasteiger partial charge is 0.164 e. The van der Waals surface area contributed by atoms with Crippen molar-refractivity contribution in [1.29, 1.82) is 0 Å². The van der Waals surface area contributed by atoms with Crippen LogP contribution in [0.1, 0.15) is 0 Å². The molecule has 0 atom stereocenters. The number of fused-ring (bicyclic) bond motifs is 6. The van der Waals surface area contributed by atoms with Crippen molar-refractivity contribution in [1.82, 2.24) is 19.5 Å². The van der Waals surface area contributed by atoms with Gasteiger partial charge in [-0.3, -0.25) is 0 Å². The van der Waals surface area contributed by atoms with Crippen molar-refractivity contribution in [3.63, 3.8) is 0 Å². The van der Waals surface area contributed by atoms with E-state index in [9.17, 15) is 0 Å². The normalized spacial score (nSPS) is 11.5. The maximum atomic E-state index is 6.74. The van der Waals surface area contributed by atoms with E-state index in [0.717, 1.165) is 66.5 Å². The Morgan fingerprint density at radius 1 is 0.274 bits per heavy atom. The molecule has 0 aliphatic heterocycles.